The Bertz CT molecular complexity index is 453. The van der Waals surface area contributed by atoms with Crippen molar-refractivity contribution in [3.05, 3.63) is 52.2 Å². The molecule has 0 aliphatic rings. The van der Waals surface area contributed by atoms with Crippen molar-refractivity contribution >= 4 is 11.3 Å². The first-order valence-corrected chi connectivity index (χ1v) is 6.70. The maximum atomic E-state index is 5.94. The van der Waals surface area contributed by atoms with Gasteiger partial charge in [0.25, 0.3) is 0 Å². The first-order valence-electron chi connectivity index (χ1n) is 5.82. The van der Waals surface area contributed by atoms with Gasteiger partial charge in [0.1, 0.15) is 11.9 Å². The van der Waals surface area contributed by atoms with E-state index in [1.165, 1.54) is 10.4 Å². The molecule has 2 nitrogen and oxygen atoms in total. The minimum atomic E-state index is -0.0397. The summed E-state index contributed by atoms with van der Waals surface area (Å²) in [6.07, 6.45) is 0.978. The molecule has 0 fully saturated rings. The normalized spacial score (nSPS) is 12.4. The molecule has 2 rings (SSSR count). The van der Waals surface area contributed by atoms with Gasteiger partial charge in [-0.15, -0.1) is 11.3 Å². The Labute approximate surface area is 106 Å². The van der Waals surface area contributed by atoms with Crippen LogP contribution < -0.4 is 10.5 Å². The van der Waals surface area contributed by atoms with Crippen molar-refractivity contribution in [1.82, 2.24) is 0 Å². The third-order valence-electron chi connectivity index (χ3n) is 2.66. The van der Waals surface area contributed by atoms with Gasteiger partial charge >= 0.3 is 0 Å². The van der Waals surface area contributed by atoms with Crippen LogP contribution in [0, 0.1) is 0 Å². The molecule has 0 radical (unpaired) electrons. The Hall–Kier alpha value is -1.32. The van der Waals surface area contributed by atoms with Crippen LogP contribution in [0.3, 0.4) is 0 Å². The third kappa shape index (κ3) is 3.08. The summed E-state index contributed by atoms with van der Waals surface area (Å²) in [7, 11) is 0. The highest BCUT2D eigenvalue weighted by Crippen LogP contribution is 2.25. The Kier molecular flexibility index (Phi) is 4.18. The topological polar surface area (TPSA) is 35.2 Å². The van der Waals surface area contributed by atoms with E-state index in [0.717, 1.165) is 12.2 Å². The maximum absolute atomic E-state index is 5.94. The average molecular weight is 247 g/mol. The summed E-state index contributed by atoms with van der Waals surface area (Å²) in [6.45, 7) is 2.63. The van der Waals surface area contributed by atoms with E-state index >= 15 is 0 Å². The van der Waals surface area contributed by atoms with Gasteiger partial charge in [-0.2, -0.15) is 0 Å². The summed E-state index contributed by atoms with van der Waals surface area (Å²) in [5, 5.41) is 2.05. The highest BCUT2D eigenvalue weighted by atomic mass is 32.1. The highest BCUT2D eigenvalue weighted by Gasteiger charge is 2.12. The fourth-order valence-corrected chi connectivity index (χ4v) is 2.47. The van der Waals surface area contributed by atoms with Crippen LogP contribution >= 0.6 is 11.3 Å². The van der Waals surface area contributed by atoms with Gasteiger partial charge in [0.2, 0.25) is 0 Å². The van der Waals surface area contributed by atoms with Crippen molar-refractivity contribution in [2.75, 3.05) is 6.54 Å². The molecule has 1 heterocycles. The molecule has 1 aromatic heterocycles. The van der Waals surface area contributed by atoms with Crippen molar-refractivity contribution in [1.29, 1.82) is 0 Å². The summed E-state index contributed by atoms with van der Waals surface area (Å²) < 4.78 is 5.94. The van der Waals surface area contributed by atoms with Gasteiger partial charge in [-0.05, 0) is 35.6 Å². The molecule has 1 atom stereocenters. The molecule has 0 amide bonds. The van der Waals surface area contributed by atoms with E-state index < -0.39 is 0 Å². The molecule has 90 valence electrons. The van der Waals surface area contributed by atoms with Gasteiger partial charge in [-0.1, -0.05) is 25.1 Å². The largest absolute Gasteiger partial charge is 0.484 e. The average Bonchev–Trinajstić information content (AvgIpc) is 2.90. The van der Waals surface area contributed by atoms with E-state index in [1.54, 1.807) is 11.3 Å². The van der Waals surface area contributed by atoms with E-state index in [2.05, 4.69) is 25.1 Å². The Morgan fingerprint density at radius 3 is 2.82 bits per heavy atom. The Morgan fingerprint density at radius 1 is 1.29 bits per heavy atom. The number of aryl methyl sites for hydroxylation is 1. The molecular formula is C14H17NOS. The van der Waals surface area contributed by atoms with Crippen LogP contribution in [-0.2, 0) is 6.42 Å². The first-order chi connectivity index (χ1) is 8.33. The van der Waals surface area contributed by atoms with Gasteiger partial charge in [0, 0.05) is 11.4 Å². The predicted octanol–water partition coefficient (Wildman–Crippen LogP) is 3.39. The second-order valence-electron chi connectivity index (χ2n) is 3.86. The fourth-order valence-electron chi connectivity index (χ4n) is 1.70. The summed E-state index contributed by atoms with van der Waals surface area (Å²) >= 11 is 1.68. The molecule has 2 aromatic rings. The monoisotopic (exact) mass is 247 g/mol. The quantitative estimate of drug-likeness (QED) is 0.879. The van der Waals surface area contributed by atoms with Crippen molar-refractivity contribution in [3.63, 3.8) is 0 Å². The summed E-state index contributed by atoms with van der Waals surface area (Å²) in [6, 6.07) is 12.3. The smallest absolute Gasteiger partial charge is 0.145 e. The summed E-state index contributed by atoms with van der Waals surface area (Å²) in [4.78, 5) is 1.18. The molecular weight excluding hydrogens is 230 g/mol. The standard InChI is InChI=1S/C14H17NOS/c1-2-11-5-3-6-12(9-11)16-13(10-15)14-7-4-8-17-14/h3-9,13H,2,10,15H2,1H3. The molecule has 2 N–H and O–H groups in total. The zero-order chi connectivity index (χ0) is 12.1. The second-order valence-corrected chi connectivity index (χ2v) is 4.84. The molecule has 1 aromatic carbocycles. The minimum absolute atomic E-state index is 0.0397. The van der Waals surface area contributed by atoms with Gasteiger partial charge in [0.15, 0.2) is 0 Å². The third-order valence-corrected chi connectivity index (χ3v) is 3.62. The van der Waals surface area contributed by atoms with E-state index in [4.69, 9.17) is 10.5 Å². The minimum Gasteiger partial charge on any atom is -0.484 e. The van der Waals surface area contributed by atoms with E-state index in [9.17, 15) is 0 Å². The zero-order valence-corrected chi connectivity index (χ0v) is 10.7. The van der Waals surface area contributed by atoms with Crippen LogP contribution in [0.5, 0.6) is 5.75 Å². The van der Waals surface area contributed by atoms with E-state index in [-0.39, 0.29) is 6.10 Å². The first kappa shape index (κ1) is 12.1. The van der Waals surface area contributed by atoms with Gasteiger partial charge in [0.05, 0.1) is 0 Å². The van der Waals surface area contributed by atoms with Crippen molar-refractivity contribution in [2.45, 2.75) is 19.4 Å². The van der Waals surface area contributed by atoms with Crippen LogP contribution in [0.1, 0.15) is 23.5 Å². The van der Waals surface area contributed by atoms with Crippen molar-refractivity contribution in [2.24, 2.45) is 5.73 Å². The lowest BCUT2D eigenvalue weighted by atomic mass is 10.1. The van der Waals surface area contributed by atoms with Crippen LogP contribution in [0.15, 0.2) is 41.8 Å². The van der Waals surface area contributed by atoms with Gasteiger partial charge < -0.3 is 10.5 Å². The van der Waals surface area contributed by atoms with Gasteiger partial charge in [-0.3, -0.25) is 0 Å². The number of nitrogens with two attached hydrogens (primary N) is 1. The second kappa shape index (κ2) is 5.84. The van der Waals surface area contributed by atoms with Crippen molar-refractivity contribution < 1.29 is 4.74 Å². The van der Waals surface area contributed by atoms with Crippen LogP contribution in [0.25, 0.3) is 0 Å². The molecule has 1 unspecified atom stereocenters. The summed E-state index contributed by atoms with van der Waals surface area (Å²) in [5.41, 5.74) is 7.05. The predicted molar refractivity (Wildman–Crippen MR) is 72.6 cm³/mol. The number of hydrogen-bond donors (Lipinski definition) is 1. The summed E-state index contributed by atoms with van der Waals surface area (Å²) in [5.74, 6) is 0.896. The maximum Gasteiger partial charge on any atom is 0.145 e. The molecule has 0 saturated carbocycles. The zero-order valence-electron chi connectivity index (χ0n) is 9.93. The molecule has 17 heavy (non-hydrogen) atoms. The number of rotatable bonds is 5. The molecule has 0 aliphatic carbocycles. The SMILES string of the molecule is CCc1cccc(OC(CN)c2cccs2)c1. The van der Waals surface area contributed by atoms with Crippen LogP contribution in [0.2, 0.25) is 0 Å². The molecule has 3 heteroatoms. The lowest BCUT2D eigenvalue weighted by Gasteiger charge is -2.16. The molecule has 0 spiro atoms. The van der Waals surface area contributed by atoms with E-state index in [0.29, 0.717) is 6.54 Å². The number of benzene rings is 1. The Morgan fingerprint density at radius 2 is 2.18 bits per heavy atom. The van der Waals surface area contributed by atoms with Gasteiger partial charge in [-0.25, -0.2) is 0 Å². The Balaban J connectivity index is 2.13. The van der Waals surface area contributed by atoms with E-state index in [1.807, 2.05) is 23.6 Å². The number of ether oxygens (including phenoxy) is 1. The lowest BCUT2D eigenvalue weighted by molar-refractivity contribution is 0.218. The lowest BCUT2D eigenvalue weighted by Crippen LogP contribution is -2.17. The molecule has 0 aliphatic heterocycles. The van der Waals surface area contributed by atoms with Crippen molar-refractivity contribution in [3.8, 4) is 5.75 Å². The molecule has 0 bridgehead atoms. The van der Waals surface area contributed by atoms with Crippen LogP contribution in [-0.4, -0.2) is 6.54 Å². The van der Waals surface area contributed by atoms with Crippen LogP contribution in [0.4, 0.5) is 0 Å². The number of thiophene rings is 1. The number of hydrogen-bond acceptors (Lipinski definition) is 3. The fraction of sp³-hybridized carbons (Fsp3) is 0.286. The highest BCUT2D eigenvalue weighted by molar-refractivity contribution is 7.10. The molecule has 0 saturated heterocycles.